The number of carbonyl (C=O) groups is 2. The number of rotatable bonds is 5. The van der Waals surface area contributed by atoms with Crippen LogP contribution >= 0.6 is 0 Å². The molecule has 0 unspecified atom stereocenters. The molecule has 0 fully saturated rings. The molecule has 0 saturated heterocycles. The number of nitrogen functional groups attached to an aromatic ring is 1. The first-order valence-electron chi connectivity index (χ1n) is 9.83. The lowest BCUT2D eigenvalue weighted by Crippen LogP contribution is -2.22. The Morgan fingerprint density at radius 2 is 1.53 bits per heavy atom. The predicted molar refractivity (Wildman–Crippen MR) is 116 cm³/mol. The molecule has 152 valence electrons. The van der Waals surface area contributed by atoms with Crippen LogP contribution in [-0.2, 0) is 0 Å². The van der Waals surface area contributed by atoms with E-state index in [1.54, 1.807) is 30.3 Å². The highest BCUT2D eigenvalue weighted by Gasteiger charge is 2.35. The molecule has 0 amide bonds. The number of hydrogen-bond acceptors (Lipinski definition) is 6. The second kappa shape index (κ2) is 7.55. The van der Waals surface area contributed by atoms with Crippen LogP contribution in [0.5, 0.6) is 17.2 Å². The van der Waals surface area contributed by atoms with E-state index in [-0.39, 0.29) is 39.4 Å². The minimum Gasteiger partial charge on any atom is -0.507 e. The SMILES string of the molecule is CCN(CC)c1cccc(Oc2cc(O)c3c(c2N)C(=O)c2ccccc2C3=O)c1. The molecule has 0 heterocycles. The molecule has 1 aliphatic rings. The maximum absolute atomic E-state index is 13.0. The lowest BCUT2D eigenvalue weighted by atomic mass is 9.82. The summed E-state index contributed by atoms with van der Waals surface area (Å²) in [6, 6.07) is 15.3. The van der Waals surface area contributed by atoms with E-state index < -0.39 is 11.6 Å². The van der Waals surface area contributed by atoms with Crippen LogP contribution in [0.4, 0.5) is 11.4 Å². The van der Waals surface area contributed by atoms with Gasteiger partial charge in [0.25, 0.3) is 0 Å². The quantitative estimate of drug-likeness (QED) is 0.380. The van der Waals surface area contributed by atoms with Gasteiger partial charge in [0.2, 0.25) is 0 Å². The number of benzene rings is 3. The summed E-state index contributed by atoms with van der Waals surface area (Å²) in [5.74, 6) is -0.527. The van der Waals surface area contributed by atoms with E-state index in [1.165, 1.54) is 6.07 Å². The summed E-state index contributed by atoms with van der Waals surface area (Å²) in [6.07, 6.45) is 0. The van der Waals surface area contributed by atoms with Crippen molar-refractivity contribution in [2.24, 2.45) is 0 Å². The number of nitrogens with two attached hydrogens (primary N) is 1. The largest absolute Gasteiger partial charge is 0.507 e. The van der Waals surface area contributed by atoms with E-state index in [0.29, 0.717) is 5.75 Å². The number of phenols is 1. The molecule has 0 saturated carbocycles. The highest BCUT2D eigenvalue weighted by Crippen LogP contribution is 2.42. The molecule has 0 atom stereocenters. The van der Waals surface area contributed by atoms with Crippen LogP contribution in [0.1, 0.15) is 45.7 Å². The van der Waals surface area contributed by atoms with Gasteiger partial charge in [-0.05, 0) is 26.0 Å². The zero-order chi connectivity index (χ0) is 21.4. The third-order valence-electron chi connectivity index (χ3n) is 5.35. The van der Waals surface area contributed by atoms with Gasteiger partial charge in [0.1, 0.15) is 11.5 Å². The molecule has 3 aromatic carbocycles. The van der Waals surface area contributed by atoms with Crippen LogP contribution in [0.25, 0.3) is 0 Å². The smallest absolute Gasteiger partial charge is 0.198 e. The van der Waals surface area contributed by atoms with Crippen molar-refractivity contribution in [3.05, 3.63) is 76.9 Å². The Hall–Kier alpha value is -3.80. The number of carbonyl (C=O) groups excluding carboxylic acids is 2. The van der Waals surface area contributed by atoms with Crippen LogP contribution in [0.3, 0.4) is 0 Å². The summed E-state index contributed by atoms with van der Waals surface area (Å²) in [5.41, 5.74) is 7.69. The summed E-state index contributed by atoms with van der Waals surface area (Å²) >= 11 is 0. The van der Waals surface area contributed by atoms with Crippen molar-refractivity contribution in [2.45, 2.75) is 13.8 Å². The van der Waals surface area contributed by atoms with Gasteiger partial charge >= 0.3 is 0 Å². The lowest BCUT2D eigenvalue weighted by Gasteiger charge is -2.23. The number of ketones is 2. The first-order valence-corrected chi connectivity index (χ1v) is 9.83. The van der Waals surface area contributed by atoms with Gasteiger partial charge in [-0.15, -0.1) is 0 Å². The van der Waals surface area contributed by atoms with Gasteiger partial charge in [-0.1, -0.05) is 30.3 Å². The van der Waals surface area contributed by atoms with Gasteiger partial charge in [-0.25, -0.2) is 0 Å². The van der Waals surface area contributed by atoms with Crippen LogP contribution in [0, 0.1) is 0 Å². The Bertz CT molecular complexity index is 1170. The zero-order valence-electron chi connectivity index (χ0n) is 16.8. The number of nitrogens with zero attached hydrogens (tertiary/aromatic N) is 1. The predicted octanol–water partition coefficient (Wildman–Crippen LogP) is 4.39. The summed E-state index contributed by atoms with van der Waals surface area (Å²) < 4.78 is 5.93. The minimum atomic E-state index is -0.431. The molecule has 0 radical (unpaired) electrons. The summed E-state index contributed by atoms with van der Waals surface area (Å²) in [5, 5.41) is 10.6. The van der Waals surface area contributed by atoms with Crippen molar-refractivity contribution < 1.29 is 19.4 Å². The fourth-order valence-corrected chi connectivity index (χ4v) is 3.82. The monoisotopic (exact) mass is 402 g/mol. The number of anilines is 2. The first-order chi connectivity index (χ1) is 14.5. The number of fused-ring (bicyclic) bond motifs is 2. The Morgan fingerprint density at radius 1 is 0.900 bits per heavy atom. The van der Waals surface area contributed by atoms with Gasteiger partial charge in [-0.2, -0.15) is 0 Å². The maximum atomic E-state index is 13.0. The molecule has 3 N–H and O–H groups in total. The van der Waals surface area contributed by atoms with Gasteiger partial charge in [0.05, 0.1) is 16.8 Å². The maximum Gasteiger partial charge on any atom is 0.198 e. The van der Waals surface area contributed by atoms with E-state index in [4.69, 9.17) is 10.5 Å². The molecule has 4 rings (SSSR count). The molecule has 0 spiro atoms. The first kappa shape index (κ1) is 19.5. The van der Waals surface area contributed by atoms with Gasteiger partial charge in [-0.3, -0.25) is 9.59 Å². The molecule has 0 aliphatic heterocycles. The summed E-state index contributed by atoms with van der Waals surface area (Å²) in [6.45, 7) is 5.82. The van der Waals surface area contributed by atoms with Crippen molar-refractivity contribution >= 4 is 22.9 Å². The molecule has 1 aliphatic carbocycles. The lowest BCUT2D eigenvalue weighted by molar-refractivity contribution is 0.0977. The summed E-state index contributed by atoms with van der Waals surface area (Å²) in [4.78, 5) is 28.1. The fourth-order valence-electron chi connectivity index (χ4n) is 3.82. The van der Waals surface area contributed by atoms with Crippen LogP contribution < -0.4 is 15.4 Å². The third-order valence-corrected chi connectivity index (χ3v) is 5.35. The average molecular weight is 402 g/mol. The number of hydrogen-bond donors (Lipinski definition) is 2. The molecule has 6 heteroatoms. The van der Waals surface area contributed by atoms with Crippen LogP contribution in [0.15, 0.2) is 54.6 Å². The number of aromatic hydroxyl groups is 1. The van der Waals surface area contributed by atoms with Crippen molar-refractivity contribution in [3.8, 4) is 17.2 Å². The van der Waals surface area contributed by atoms with E-state index in [2.05, 4.69) is 18.7 Å². The van der Waals surface area contributed by atoms with Crippen molar-refractivity contribution in [1.29, 1.82) is 0 Å². The second-order valence-electron chi connectivity index (χ2n) is 7.03. The van der Waals surface area contributed by atoms with Gasteiger partial charge < -0.3 is 20.5 Å². The van der Waals surface area contributed by atoms with Crippen molar-refractivity contribution in [1.82, 2.24) is 0 Å². The molecule has 30 heavy (non-hydrogen) atoms. The van der Waals surface area contributed by atoms with E-state index >= 15 is 0 Å². The minimum absolute atomic E-state index is 0.0198. The Kier molecular flexibility index (Phi) is 4.91. The highest BCUT2D eigenvalue weighted by atomic mass is 16.5. The molecule has 0 bridgehead atoms. The van der Waals surface area contributed by atoms with Crippen molar-refractivity contribution in [2.75, 3.05) is 23.7 Å². The average Bonchev–Trinajstić information content (AvgIpc) is 2.75. The topological polar surface area (TPSA) is 92.9 Å². The van der Waals surface area contributed by atoms with Crippen LogP contribution in [-0.4, -0.2) is 29.8 Å². The van der Waals surface area contributed by atoms with E-state index in [1.807, 2.05) is 18.2 Å². The number of phenolic OH excluding ortho intramolecular Hbond substituents is 1. The Balaban J connectivity index is 1.78. The van der Waals surface area contributed by atoms with Crippen molar-refractivity contribution in [3.63, 3.8) is 0 Å². The highest BCUT2D eigenvalue weighted by molar-refractivity contribution is 6.31. The Labute approximate surface area is 174 Å². The fraction of sp³-hybridized carbons (Fsp3) is 0.167. The van der Waals surface area contributed by atoms with Gasteiger partial charge in [0, 0.05) is 42.0 Å². The van der Waals surface area contributed by atoms with Crippen LogP contribution in [0.2, 0.25) is 0 Å². The standard InChI is InChI=1S/C24H22N2O4/c1-3-26(4-2)14-8-7-9-15(12-14)30-19-13-18(27)20-21(22(19)25)24(29)17-11-6-5-10-16(17)23(20)28/h5-13,27H,3-4,25H2,1-2H3. The third kappa shape index (κ3) is 3.06. The molecule has 0 aromatic heterocycles. The molecular formula is C24H22N2O4. The zero-order valence-corrected chi connectivity index (χ0v) is 16.8. The van der Waals surface area contributed by atoms with E-state index in [0.717, 1.165) is 18.8 Å². The molecule has 6 nitrogen and oxygen atoms in total. The molecule has 3 aromatic rings. The van der Waals surface area contributed by atoms with Gasteiger partial charge in [0.15, 0.2) is 17.3 Å². The second-order valence-corrected chi connectivity index (χ2v) is 7.03. The molecular weight excluding hydrogens is 380 g/mol. The summed E-state index contributed by atoms with van der Waals surface area (Å²) in [7, 11) is 0. The number of ether oxygens (including phenoxy) is 1. The Morgan fingerprint density at radius 3 is 2.17 bits per heavy atom. The normalized spacial score (nSPS) is 12.3. The van der Waals surface area contributed by atoms with E-state index in [9.17, 15) is 14.7 Å².